The average Bonchev–Trinajstić information content (AvgIpc) is 2.86. The van der Waals surface area contributed by atoms with Gasteiger partial charge in [0.15, 0.2) is 0 Å². The van der Waals surface area contributed by atoms with Gasteiger partial charge in [-0.2, -0.15) is 0 Å². The molecule has 0 amide bonds. The maximum atomic E-state index is 11.1. The van der Waals surface area contributed by atoms with Gasteiger partial charge < -0.3 is 28.6 Å². The van der Waals surface area contributed by atoms with Crippen molar-refractivity contribution in [1.82, 2.24) is 0 Å². The zero-order valence-electron chi connectivity index (χ0n) is 24.4. The number of methoxy groups -OCH3 is 2. The molecular formula is C27H57O10P. The van der Waals surface area contributed by atoms with Crippen LogP contribution in [0, 0.1) is 0 Å². The zero-order valence-corrected chi connectivity index (χ0v) is 25.3. The Hall–Kier alpha value is -0.840. The molecule has 3 N–H and O–H groups in total. The molecule has 0 spiro atoms. The first kappa shape index (κ1) is 41.6. The van der Waals surface area contributed by atoms with Crippen molar-refractivity contribution < 1.29 is 47.7 Å². The van der Waals surface area contributed by atoms with E-state index in [-0.39, 0.29) is 13.0 Å². The summed E-state index contributed by atoms with van der Waals surface area (Å²) in [6.07, 6.45) is 19.8. The average molecular weight is 573 g/mol. The van der Waals surface area contributed by atoms with Crippen molar-refractivity contribution >= 4 is 13.8 Å². The first-order valence-corrected chi connectivity index (χ1v) is 15.4. The monoisotopic (exact) mass is 572 g/mol. The SMILES string of the molecule is CCCCCCCC/C=C\CCCCCCCC(=O)OP(=O)(O)O.COC.COCCOCCOCCO. The first-order chi connectivity index (χ1) is 18.3. The molecule has 11 heteroatoms. The Kier molecular flexibility index (Phi) is 39.6. The van der Waals surface area contributed by atoms with Gasteiger partial charge in [-0.1, -0.05) is 70.4 Å². The summed E-state index contributed by atoms with van der Waals surface area (Å²) in [5.74, 6) is -0.819. The summed E-state index contributed by atoms with van der Waals surface area (Å²) in [5.41, 5.74) is 0. The van der Waals surface area contributed by atoms with Crippen molar-refractivity contribution in [1.29, 1.82) is 0 Å². The van der Waals surface area contributed by atoms with Crippen molar-refractivity contribution in [3.05, 3.63) is 12.2 Å². The van der Waals surface area contributed by atoms with Crippen LogP contribution in [-0.4, -0.2) is 81.8 Å². The molecule has 10 nitrogen and oxygen atoms in total. The molecule has 0 saturated heterocycles. The minimum atomic E-state index is -4.67. The van der Waals surface area contributed by atoms with E-state index in [0.717, 1.165) is 32.1 Å². The van der Waals surface area contributed by atoms with E-state index in [9.17, 15) is 9.36 Å². The topological polar surface area (TPSA) is 141 Å². The summed E-state index contributed by atoms with van der Waals surface area (Å²) in [6, 6.07) is 0. The quantitative estimate of drug-likeness (QED) is 0.0762. The predicted octanol–water partition coefficient (Wildman–Crippen LogP) is 5.58. The standard InChI is InChI=1S/C18H35O5P.C7H16O4.C2H6O/c1-2-3-4-5-6-7-8-9-10-11-12-13-14-15-16-17-18(19)23-24(20,21)22;1-9-4-5-11-7-6-10-3-2-8;1-3-2/h9-10H,2-8,11-17H2,1H3,(H2,20,21,22);8H,2-7H2,1H3;1-2H3/b10-9-;;. The highest BCUT2D eigenvalue weighted by molar-refractivity contribution is 7.46. The maximum absolute atomic E-state index is 11.1. The van der Waals surface area contributed by atoms with Gasteiger partial charge in [-0.25, -0.2) is 4.57 Å². The Morgan fingerprint density at radius 3 is 1.63 bits per heavy atom. The third-order valence-electron chi connectivity index (χ3n) is 4.90. The molecule has 0 aliphatic heterocycles. The number of ether oxygens (including phenoxy) is 4. The fourth-order valence-electron chi connectivity index (χ4n) is 3.05. The number of rotatable bonds is 24. The molecule has 0 aromatic heterocycles. The van der Waals surface area contributed by atoms with Gasteiger partial charge in [0.2, 0.25) is 0 Å². The second-order valence-electron chi connectivity index (χ2n) is 8.64. The van der Waals surface area contributed by atoms with Gasteiger partial charge in [0, 0.05) is 27.8 Å². The van der Waals surface area contributed by atoms with Crippen LogP contribution in [-0.2, 0) is 32.8 Å². The van der Waals surface area contributed by atoms with Crippen LogP contribution in [0.1, 0.15) is 96.8 Å². The van der Waals surface area contributed by atoms with E-state index in [1.165, 1.54) is 44.9 Å². The smallest absolute Gasteiger partial charge is 0.394 e. The maximum Gasteiger partial charge on any atom is 0.526 e. The summed E-state index contributed by atoms with van der Waals surface area (Å²) in [7, 11) is 0.212. The van der Waals surface area contributed by atoms with E-state index in [1.807, 2.05) is 0 Å². The summed E-state index contributed by atoms with van der Waals surface area (Å²) < 4.78 is 33.5. The summed E-state index contributed by atoms with van der Waals surface area (Å²) in [5, 5.41) is 8.32. The Morgan fingerprint density at radius 2 is 1.16 bits per heavy atom. The lowest BCUT2D eigenvalue weighted by Crippen LogP contribution is -2.09. The lowest BCUT2D eigenvalue weighted by atomic mass is 10.1. The fourth-order valence-corrected chi connectivity index (χ4v) is 3.40. The van der Waals surface area contributed by atoms with Crippen LogP contribution in [0.15, 0.2) is 12.2 Å². The minimum Gasteiger partial charge on any atom is -0.394 e. The van der Waals surface area contributed by atoms with E-state index >= 15 is 0 Å². The summed E-state index contributed by atoms with van der Waals surface area (Å²) in [4.78, 5) is 28.0. The molecular weight excluding hydrogens is 515 g/mol. The normalized spacial score (nSPS) is 11.0. The third-order valence-corrected chi connectivity index (χ3v) is 5.34. The Balaban J connectivity index is -0.000000725. The molecule has 0 aromatic rings. The number of unbranched alkanes of at least 4 members (excludes halogenated alkanes) is 11. The number of allylic oxidation sites excluding steroid dienone is 2. The van der Waals surface area contributed by atoms with Crippen molar-refractivity contribution in [2.45, 2.75) is 96.8 Å². The molecule has 0 aliphatic rings. The van der Waals surface area contributed by atoms with Gasteiger partial charge in [-0.3, -0.25) is 14.6 Å². The third kappa shape index (κ3) is 48.3. The van der Waals surface area contributed by atoms with Crippen LogP contribution in [0.2, 0.25) is 0 Å². The van der Waals surface area contributed by atoms with Gasteiger partial charge in [0.25, 0.3) is 0 Å². The number of carbonyl (C=O) groups excluding carboxylic acids is 1. The van der Waals surface area contributed by atoms with Crippen LogP contribution in [0.5, 0.6) is 0 Å². The molecule has 230 valence electrons. The number of hydrogen-bond donors (Lipinski definition) is 3. The number of aliphatic hydroxyl groups is 1. The van der Waals surface area contributed by atoms with Gasteiger partial charge in [-0.15, -0.1) is 0 Å². The molecule has 0 aromatic carbocycles. The van der Waals surface area contributed by atoms with E-state index in [1.54, 1.807) is 21.3 Å². The number of carbonyl (C=O) groups is 1. The Morgan fingerprint density at radius 1 is 0.711 bits per heavy atom. The second kappa shape index (κ2) is 36.2. The first-order valence-electron chi connectivity index (χ1n) is 13.9. The largest absolute Gasteiger partial charge is 0.526 e. The molecule has 0 rings (SSSR count). The molecule has 0 bridgehead atoms. The number of phosphoric acid groups is 1. The lowest BCUT2D eigenvalue weighted by molar-refractivity contribution is -0.135. The second-order valence-corrected chi connectivity index (χ2v) is 9.80. The molecule has 0 aliphatic carbocycles. The van der Waals surface area contributed by atoms with Gasteiger partial charge in [0.1, 0.15) is 0 Å². The molecule has 0 atom stereocenters. The van der Waals surface area contributed by atoms with Gasteiger partial charge >= 0.3 is 13.8 Å². The molecule has 0 fully saturated rings. The highest BCUT2D eigenvalue weighted by Crippen LogP contribution is 2.36. The fraction of sp³-hybridized carbons (Fsp3) is 0.889. The van der Waals surface area contributed by atoms with E-state index in [4.69, 9.17) is 29.1 Å². The highest BCUT2D eigenvalue weighted by atomic mass is 31.2. The highest BCUT2D eigenvalue weighted by Gasteiger charge is 2.19. The van der Waals surface area contributed by atoms with Crippen molar-refractivity contribution in [2.24, 2.45) is 0 Å². The molecule has 0 saturated carbocycles. The molecule has 38 heavy (non-hydrogen) atoms. The van der Waals surface area contributed by atoms with Crippen LogP contribution >= 0.6 is 7.82 Å². The molecule has 0 radical (unpaired) electrons. The van der Waals surface area contributed by atoms with Gasteiger partial charge in [-0.05, 0) is 32.1 Å². The summed E-state index contributed by atoms with van der Waals surface area (Å²) >= 11 is 0. The number of hydrogen-bond acceptors (Lipinski definition) is 8. The predicted molar refractivity (Wildman–Crippen MR) is 151 cm³/mol. The number of phosphoric ester groups is 1. The molecule has 0 heterocycles. The van der Waals surface area contributed by atoms with Gasteiger partial charge in [0.05, 0.1) is 39.6 Å². The van der Waals surface area contributed by atoms with Crippen LogP contribution in [0.3, 0.4) is 0 Å². The van der Waals surface area contributed by atoms with Crippen molar-refractivity contribution in [3.63, 3.8) is 0 Å². The van der Waals surface area contributed by atoms with Crippen molar-refractivity contribution in [2.75, 3.05) is 61.0 Å². The number of aliphatic hydroxyl groups excluding tert-OH is 1. The van der Waals surface area contributed by atoms with Crippen LogP contribution in [0.25, 0.3) is 0 Å². The minimum absolute atomic E-state index is 0.0675. The molecule has 0 unspecified atom stereocenters. The Bertz CT molecular complexity index is 518. The Labute approximate surface area is 231 Å². The van der Waals surface area contributed by atoms with Crippen molar-refractivity contribution in [3.8, 4) is 0 Å². The summed E-state index contributed by atoms with van der Waals surface area (Å²) in [6.45, 7) is 4.99. The van der Waals surface area contributed by atoms with E-state index in [0.29, 0.717) is 39.5 Å². The van der Waals surface area contributed by atoms with Crippen LogP contribution in [0.4, 0.5) is 0 Å². The van der Waals surface area contributed by atoms with Crippen LogP contribution < -0.4 is 0 Å². The van der Waals surface area contributed by atoms with E-state index < -0.39 is 13.8 Å². The zero-order chi connectivity index (χ0) is 29.2. The lowest BCUT2D eigenvalue weighted by Gasteiger charge is -2.04. The van der Waals surface area contributed by atoms with E-state index in [2.05, 4.69) is 28.3 Å².